The maximum absolute atomic E-state index is 11.1. The van der Waals surface area contributed by atoms with Crippen LogP contribution in [-0.2, 0) is 11.2 Å². The Morgan fingerprint density at radius 1 is 1.00 bits per heavy atom. The number of fused-ring (bicyclic) bond motifs is 1. The van der Waals surface area contributed by atoms with Crippen LogP contribution in [0.25, 0.3) is 22.3 Å². The zero-order chi connectivity index (χ0) is 19.5. The number of nitrogens with one attached hydrogen (secondary N) is 1. The first-order valence-electron chi connectivity index (χ1n) is 8.79. The highest BCUT2D eigenvalue weighted by Crippen LogP contribution is 2.24. The lowest BCUT2D eigenvalue weighted by molar-refractivity contribution is -0.114. The summed E-state index contributed by atoms with van der Waals surface area (Å²) in [5.74, 6) is 0.566. The summed E-state index contributed by atoms with van der Waals surface area (Å²) in [6.45, 7) is 1.44. The van der Waals surface area contributed by atoms with Crippen LogP contribution < -0.4 is 11.1 Å². The van der Waals surface area contributed by atoms with Crippen molar-refractivity contribution in [3.05, 3.63) is 72.1 Å². The number of rotatable bonds is 4. The Kier molecular flexibility index (Phi) is 4.63. The van der Waals surface area contributed by atoms with E-state index in [2.05, 4.69) is 20.3 Å². The van der Waals surface area contributed by atoms with Gasteiger partial charge in [0.2, 0.25) is 11.9 Å². The van der Waals surface area contributed by atoms with E-state index in [1.54, 1.807) is 12.3 Å². The van der Waals surface area contributed by atoms with Gasteiger partial charge in [0.15, 0.2) is 0 Å². The van der Waals surface area contributed by atoms with E-state index in [-0.39, 0.29) is 11.9 Å². The molecule has 0 aliphatic heterocycles. The predicted octanol–water partition coefficient (Wildman–Crippen LogP) is 3.22. The molecule has 0 saturated heterocycles. The van der Waals surface area contributed by atoms with Crippen LogP contribution in [0, 0.1) is 0 Å². The predicted molar refractivity (Wildman–Crippen MR) is 109 cm³/mol. The summed E-state index contributed by atoms with van der Waals surface area (Å²) in [4.78, 5) is 28.9. The highest BCUT2D eigenvalue weighted by atomic mass is 16.1. The Morgan fingerprint density at radius 3 is 2.54 bits per heavy atom. The standard InChI is InChI=1S/C21H18N6O/c1-13(28)24-19-10-7-15(12-23-19)16-8-9-17-20(25-16)18(27-21(22)26-17)11-14-5-3-2-4-6-14/h2-10,12H,11H2,1H3,(H2,22,26,27)(H,23,24,28). The summed E-state index contributed by atoms with van der Waals surface area (Å²) in [5, 5.41) is 2.65. The van der Waals surface area contributed by atoms with Gasteiger partial charge in [0.1, 0.15) is 11.3 Å². The van der Waals surface area contributed by atoms with Crippen molar-refractivity contribution in [3.8, 4) is 11.3 Å². The maximum Gasteiger partial charge on any atom is 0.222 e. The molecular formula is C21H18N6O. The first-order valence-corrected chi connectivity index (χ1v) is 8.79. The monoisotopic (exact) mass is 370 g/mol. The molecule has 0 spiro atoms. The first kappa shape index (κ1) is 17.5. The number of carbonyl (C=O) groups excluding carboxylic acids is 1. The van der Waals surface area contributed by atoms with Crippen molar-refractivity contribution in [2.24, 2.45) is 0 Å². The molecule has 7 heteroatoms. The van der Waals surface area contributed by atoms with E-state index >= 15 is 0 Å². The number of nitrogens with zero attached hydrogens (tertiary/aromatic N) is 4. The van der Waals surface area contributed by atoms with E-state index < -0.39 is 0 Å². The van der Waals surface area contributed by atoms with Crippen LogP contribution in [0.5, 0.6) is 0 Å². The molecular weight excluding hydrogens is 352 g/mol. The van der Waals surface area contributed by atoms with E-state index in [0.717, 1.165) is 22.5 Å². The average Bonchev–Trinajstić information content (AvgIpc) is 2.69. The van der Waals surface area contributed by atoms with Gasteiger partial charge in [-0.15, -0.1) is 0 Å². The number of nitrogen functional groups attached to an aromatic ring is 1. The van der Waals surface area contributed by atoms with Gasteiger partial charge in [-0.05, 0) is 29.8 Å². The van der Waals surface area contributed by atoms with E-state index in [0.29, 0.717) is 23.3 Å². The van der Waals surface area contributed by atoms with Crippen molar-refractivity contribution in [3.63, 3.8) is 0 Å². The van der Waals surface area contributed by atoms with Gasteiger partial charge in [0, 0.05) is 25.1 Å². The number of benzene rings is 1. The molecule has 1 amide bonds. The highest BCUT2D eigenvalue weighted by Gasteiger charge is 2.11. The zero-order valence-corrected chi connectivity index (χ0v) is 15.3. The van der Waals surface area contributed by atoms with Gasteiger partial charge in [-0.25, -0.2) is 19.9 Å². The molecule has 0 atom stereocenters. The minimum Gasteiger partial charge on any atom is -0.368 e. The third-order valence-corrected chi connectivity index (χ3v) is 4.21. The molecule has 0 aliphatic carbocycles. The van der Waals surface area contributed by atoms with Crippen LogP contribution >= 0.6 is 0 Å². The van der Waals surface area contributed by atoms with Gasteiger partial charge in [-0.1, -0.05) is 30.3 Å². The van der Waals surface area contributed by atoms with Crippen LogP contribution in [0.15, 0.2) is 60.8 Å². The van der Waals surface area contributed by atoms with Crippen LogP contribution in [0.1, 0.15) is 18.2 Å². The Hall–Kier alpha value is -3.87. The number of aromatic nitrogens is 4. The number of nitrogens with two attached hydrogens (primary N) is 1. The molecule has 0 saturated carbocycles. The molecule has 0 radical (unpaired) electrons. The number of carbonyl (C=O) groups is 1. The van der Waals surface area contributed by atoms with Crippen molar-refractivity contribution in [1.82, 2.24) is 19.9 Å². The topological polar surface area (TPSA) is 107 Å². The van der Waals surface area contributed by atoms with Crippen LogP contribution in [-0.4, -0.2) is 25.8 Å². The fourth-order valence-corrected chi connectivity index (χ4v) is 2.97. The minimum absolute atomic E-state index is 0.163. The average molecular weight is 370 g/mol. The minimum atomic E-state index is -0.163. The second-order valence-electron chi connectivity index (χ2n) is 6.37. The molecule has 1 aromatic carbocycles. The summed E-state index contributed by atoms with van der Waals surface area (Å²) in [7, 11) is 0. The fraction of sp³-hybridized carbons (Fsp3) is 0.0952. The van der Waals surface area contributed by atoms with Gasteiger partial charge in [0.25, 0.3) is 0 Å². The first-order chi connectivity index (χ1) is 13.6. The molecule has 138 valence electrons. The number of hydrogen-bond acceptors (Lipinski definition) is 6. The quantitative estimate of drug-likeness (QED) is 0.571. The van der Waals surface area contributed by atoms with E-state index in [4.69, 9.17) is 10.7 Å². The lowest BCUT2D eigenvalue weighted by Crippen LogP contribution is -2.07. The molecule has 3 N–H and O–H groups in total. The molecule has 4 rings (SSSR count). The summed E-state index contributed by atoms with van der Waals surface area (Å²) in [5.41, 5.74) is 10.8. The number of amides is 1. The highest BCUT2D eigenvalue weighted by molar-refractivity contribution is 5.87. The smallest absolute Gasteiger partial charge is 0.222 e. The van der Waals surface area contributed by atoms with Gasteiger partial charge in [0.05, 0.1) is 16.9 Å². The summed E-state index contributed by atoms with van der Waals surface area (Å²) in [6, 6.07) is 17.4. The molecule has 28 heavy (non-hydrogen) atoms. The Morgan fingerprint density at radius 2 is 1.82 bits per heavy atom. The molecule has 3 heterocycles. The van der Waals surface area contributed by atoms with Crippen LogP contribution in [0.4, 0.5) is 11.8 Å². The molecule has 0 bridgehead atoms. The lowest BCUT2D eigenvalue weighted by atomic mass is 10.1. The largest absolute Gasteiger partial charge is 0.368 e. The summed E-state index contributed by atoms with van der Waals surface area (Å²) in [6.07, 6.45) is 2.29. The van der Waals surface area contributed by atoms with Gasteiger partial charge < -0.3 is 11.1 Å². The van der Waals surface area contributed by atoms with E-state index in [1.165, 1.54) is 6.92 Å². The van der Waals surface area contributed by atoms with Crippen molar-refractivity contribution < 1.29 is 4.79 Å². The van der Waals surface area contributed by atoms with Crippen molar-refractivity contribution in [2.45, 2.75) is 13.3 Å². The normalized spacial score (nSPS) is 10.8. The third kappa shape index (κ3) is 3.78. The van der Waals surface area contributed by atoms with Crippen LogP contribution in [0.3, 0.4) is 0 Å². The van der Waals surface area contributed by atoms with Gasteiger partial charge >= 0.3 is 0 Å². The summed E-state index contributed by atoms with van der Waals surface area (Å²) < 4.78 is 0. The summed E-state index contributed by atoms with van der Waals surface area (Å²) >= 11 is 0. The van der Waals surface area contributed by atoms with Crippen molar-refractivity contribution >= 4 is 28.7 Å². The van der Waals surface area contributed by atoms with E-state index in [1.807, 2.05) is 48.5 Å². The molecule has 0 aliphatic rings. The molecule has 7 nitrogen and oxygen atoms in total. The molecule has 0 fully saturated rings. The molecule has 3 aromatic heterocycles. The van der Waals surface area contributed by atoms with Crippen LogP contribution in [0.2, 0.25) is 0 Å². The maximum atomic E-state index is 11.1. The SMILES string of the molecule is CC(=O)Nc1ccc(-c2ccc3nc(N)nc(Cc4ccccc4)c3n2)cn1. The Labute approximate surface area is 161 Å². The second-order valence-corrected chi connectivity index (χ2v) is 6.37. The molecule has 0 unspecified atom stereocenters. The molecule has 4 aromatic rings. The zero-order valence-electron chi connectivity index (χ0n) is 15.3. The number of anilines is 2. The second kappa shape index (κ2) is 7.40. The van der Waals surface area contributed by atoms with Gasteiger partial charge in [-0.2, -0.15) is 0 Å². The van der Waals surface area contributed by atoms with Crippen molar-refractivity contribution in [1.29, 1.82) is 0 Å². The van der Waals surface area contributed by atoms with E-state index in [9.17, 15) is 4.79 Å². The lowest BCUT2D eigenvalue weighted by Gasteiger charge is -2.09. The van der Waals surface area contributed by atoms with Crippen molar-refractivity contribution in [2.75, 3.05) is 11.1 Å². The Balaban J connectivity index is 1.74. The Bertz CT molecular complexity index is 1140. The number of hydrogen-bond donors (Lipinski definition) is 2. The number of pyridine rings is 2. The fourth-order valence-electron chi connectivity index (χ4n) is 2.97. The van der Waals surface area contributed by atoms with Gasteiger partial charge in [-0.3, -0.25) is 4.79 Å². The third-order valence-electron chi connectivity index (χ3n) is 4.21.